The Labute approximate surface area is 172 Å². The second-order valence-corrected chi connectivity index (χ2v) is 7.74. The molecular weight excluding hydrogens is 403 g/mol. The predicted molar refractivity (Wildman–Crippen MR) is 110 cm³/mol. The fraction of sp³-hybridized carbons (Fsp3) is 0.211. The molecule has 0 radical (unpaired) electrons. The highest BCUT2D eigenvalue weighted by molar-refractivity contribution is 7.99. The summed E-state index contributed by atoms with van der Waals surface area (Å²) in [4.78, 5) is 12.2. The number of carbonyl (C=O) groups is 1. The number of hydrogen-bond donors (Lipinski definition) is 1. The number of hydrogen-bond acceptors (Lipinski definition) is 4. The number of thioether (sulfide) groups is 1. The van der Waals surface area contributed by atoms with Gasteiger partial charge in [0.05, 0.1) is 21.8 Å². The maximum atomic E-state index is 12.2. The fourth-order valence-corrected chi connectivity index (χ4v) is 3.59. The van der Waals surface area contributed by atoms with Crippen molar-refractivity contribution in [1.82, 2.24) is 20.1 Å². The van der Waals surface area contributed by atoms with Gasteiger partial charge in [-0.1, -0.05) is 65.3 Å². The van der Waals surface area contributed by atoms with Crippen molar-refractivity contribution in [3.63, 3.8) is 0 Å². The van der Waals surface area contributed by atoms with Crippen molar-refractivity contribution in [3.05, 3.63) is 64.1 Å². The summed E-state index contributed by atoms with van der Waals surface area (Å²) in [7, 11) is 1.85. The molecule has 1 atom stereocenters. The smallest absolute Gasteiger partial charge is 0.230 e. The minimum Gasteiger partial charge on any atom is -0.349 e. The number of rotatable bonds is 6. The standard InChI is InChI=1S/C19H18Cl2N4OS/c1-12(13-6-4-3-5-7-13)22-17(26)11-27-19-24-23-18(25(19)2)14-8-9-15(20)16(21)10-14/h3-10,12H,11H2,1-2H3,(H,22,26). The van der Waals surface area contributed by atoms with E-state index < -0.39 is 0 Å². The molecule has 27 heavy (non-hydrogen) atoms. The number of aromatic nitrogens is 3. The number of nitrogens with zero attached hydrogens (tertiary/aromatic N) is 3. The van der Waals surface area contributed by atoms with Crippen molar-refractivity contribution < 1.29 is 4.79 Å². The molecule has 0 fully saturated rings. The Kier molecular flexibility index (Phi) is 6.42. The van der Waals surface area contributed by atoms with Gasteiger partial charge >= 0.3 is 0 Å². The van der Waals surface area contributed by atoms with Gasteiger partial charge in [0, 0.05) is 12.6 Å². The van der Waals surface area contributed by atoms with Gasteiger partial charge in [0.25, 0.3) is 0 Å². The Hall–Kier alpha value is -2.02. The van der Waals surface area contributed by atoms with Crippen LogP contribution in [0.15, 0.2) is 53.7 Å². The molecule has 8 heteroatoms. The molecule has 2 aromatic carbocycles. The second-order valence-electron chi connectivity index (χ2n) is 5.98. The average Bonchev–Trinajstić information content (AvgIpc) is 3.03. The topological polar surface area (TPSA) is 59.8 Å². The van der Waals surface area contributed by atoms with Crippen LogP contribution in [-0.2, 0) is 11.8 Å². The monoisotopic (exact) mass is 420 g/mol. The van der Waals surface area contributed by atoms with Gasteiger partial charge in [0.2, 0.25) is 5.91 Å². The van der Waals surface area contributed by atoms with E-state index >= 15 is 0 Å². The van der Waals surface area contributed by atoms with Crippen LogP contribution in [0.5, 0.6) is 0 Å². The maximum absolute atomic E-state index is 12.2. The number of nitrogens with one attached hydrogen (secondary N) is 1. The number of benzene rings is 2. The lowest BCUT2D eigenvalue weighted by Crippen LogP contribution is -2.28. The summed E-state index contributed by atoms with van der Waals surface area (Å²) >= 11 is 13.4. The van der Waals surface area contributed by atoms with Crippen LogP contribution in [0.2, 0.25) is 10.0 Å². The first-order valence-corrected chi connectivity index (χ1v) is 10.0. The van der Waals surface area contributed by atoms with E-state index in [2.05, 4.69) is 15.5 Å². The van der Waals surface area contributed by atoms with Crippen LogP contribution < -0.4 is 5.32 Å². The first-order chi connectivity index (χ1) is 13.0. The summed E-state index contributed by atoms with van der Waals surface area (Å²) in [5.41, 5.74) is 1.88. The highest BCUT2D eigenvalue weighted by Gasteiger charge is 2.15. The molecule has 140 valence electrons. The molecule has 3 rings (SSSR count). The van der Waals surface area contributed by atoms with E-state index in [1.165, 1.54) is 11.8 Å². The van der Waals surface area contributed by atoms with Crippen molar-refractivity contribution in [2.75, 3.05) is 5.75 Å². The summed E-state index contributed by atoms with van der Waals surface area (Å²) in [5.74, 6) is 0.856. The Morgan fingerprint density at radius 3 is 2.59 bits per heavy atom. The second kappa shape index (κ2) is 8.78. The van der Waals surface area contributed by atoms with E-state index in [1.807, 2.05) is 54.9 Å². The lowest BCUT2D eigenvalue weighted by Gasteiger charge is -2.14. The fourth-order valence-electron chi connectivity index (χ4n) is 2.57. The third kappa shape index (κ3) is 4.83. The number of halogens is 2. The molecule has 1 heterocycles. The highest BCUT2D eigenvalue weighted by Crippen LogP contribution is 2.29. The molecule has 1 amide bonds. The molecule has 3 aromatic rings. The van der Waals surface area contributed by atoms with Gasteiger partial charge in [-0.05, 0) is 30.7 Å². The zero-order valence-electron chi connectivity index (χ0n) is 14.8. The van der Waals surface area contributed by atoms with Crippen LogP contribution in [0.25, 0.3) is 11.4 Å². The molecule has 0 spiro atoms. The van der Waals surface area contributed by atoms with Gasteiger partial charge in [0.15, 0.2) is 11.0 Å². The minimum absolute atomic E-state index is 0.0504. The first kappa shape index (κ1) is 19.7. The van der Waals surface area contributed by atoms with Gasteiger partial charge < -0.3 is 9.88 Å². The van der Waals surface area contributed by atoms with Crippen LogP contribution in [0.4, 0.5) is 0 Å². The van der Waals surface area contributed by atoms with Crippen LogP contribution in [0.3, 0.4) is 0 Å². The molecule has 1 unspecified atom stereocenters. The zero-order chi connectivity index (χ0) is 19.4. The molecule has 0 aliphatic heterocycles. The molecule has 0 aliphatic carbocycles. The van der Waals surface area contributed by atoms with E-state index in [0.29, 0.717) is 21.0 Å². The number of amides is 1. The van der Waals surface area contributed by atoms with Gasteiger partial charge in [-0.15, -0.1) is 10.2 Å². The van der Waals surface area contributed by atoms with Crippen molar-refractivity contribution in [2.45, 2.75) is 18.1 Å². The summed E-state index contributed by atoms with van der Waals surface area (Å²) < 4.78 is 1.83. The Morgan fingerprint density at radius 1 is 1.15 bits per heavy atom. The third-order valence-corrected chi connectivity index (χ3v) is 5.78. The largest absolute Gasteiger partial charge is 0.349 e. The van der Waals surface area contributed by atoms with Crippen LogP contribution in [0, 0.1) is 0 Å². The SMILES string of the molecule is CC(NC(=O)CSc1nnc(-c2ccc(Cl)c(Cl)c2)n1C)c1ccccc1. The Balaban J connectivity index is 1.62. The van der Waals surface area contributed by atoms with Crippen LogP contribution in [-0.4, -0.2) is 26.4 Å². The lowest BCUT2D eigenvalue weighted by molar-refractivity contribution is -0.119. The quantitative estimate of drug-likeness (QED) is 0.583. The van der Waals surface area contributed by atoms with Gasteiger partial charge in [-0.3, -0.25) is 4.79 Å². The van der Waals surface area contributed by atoms with E-state index in [-0.39, 0.29) is 17.7 Å². The van der Waals surface area contributed by atoms with E-state index in [1.54, 1.807) is 12.1 Å². The summed E-state index contributed by atoms with van der Waals surface area (Å²) in [6.45, 7) is 1.96. The molecular formula is C19H18Cl2N4OS. The summed E-state index contributed by atoms with van der Waals surface area (Å²) in [6.07, 6.45) is 0. The molecule has 0 saturated carbocycles. The molecule has 0 saturated heterocycles. The summed E-state index contributed by atoms with van der Waals surface area (Å²) in [5, 5.41) is 13.0. The van der Waals surface area contributed by atoms with Gasteiger partial charge in [-0.2, -0.15) is 0 Å². The molecule has 0 bridgehead atoms. The number of carbonyl (C=O) groups excluding carboxylic acids is 1. The minimum atomic E-state index is -0.0598. The van der Waals surface area contributed by atoms with Crippen molar-refractivity contribution >= 4 is 40.9 Å². The molecule has 5 nitrogen and oxygen atoms in total. The maximum Gasteiger partial charge on any atom is 0.230 e. The van der Waals surface area contributed by atoms with Crippen molar-refractivity contribution in [3.8, 4) is 11.4 Å². The normalized spacial score (nSPS) is 12.0. The zero-order valence-corrected chi connectivity index (χ0v) is 17.1. The summed E-state index contributed by atoms with van der Waals surface area (Å²) in [6, 6.07) is 15.1. The molecule has 0 aliphatic rings. The highest BCUT2D eigenvalue weighted by atomic mass is 35.5. The Bertz CT molecular complexity index is 946. The first-order valence-electron chi connectivity index (χ1n) is 8.27. The van der Waals surface area contributed by atoms with E-state index in [9.17, 15) is 4.79 Å². The van der Waals surface area contributed by atoms with Crippen LogP contribution in [0.1, 0.15) is 18.5 Å². The van der Waals surface area contributed by atoms with Crippen LogP contribution >= 0.6 is 35.0 Å². The molecule has 1 N–H and O–H groups in total. The lowest BCUT2D eigenvalue weighted by atomic mass is 10.1. The Morgan fingerprint density at radius 2 is 1.89 bits per heavy atom. The molecule has 1 aromatic heterocycles. The van der Waals surface area contributed by atoms with Crippen molar-refractivity contribution in [1.29, 1.82) is 0 Å². The third-order valence-electron chi connectivity index (χ3n) is 4.02. The van der Waals surface area contributed by atoms with Gasteiger partial charge in [0.1, 0.15) is 0 Å². The predicted octanol–water partition coefficient (Wildman–Crippen LogP) is 4.76. The van der Waals surface area contributed by atoms with Crippen molar-refractivity contribution in [2.24, 2.45) is 7.05 Å². The van der Waals surface area contributed by atoms with E-state index in [0.717, 1.165) is 11.1 Å². The average molecular weight is 421 g/mol. The van der Waals surface area contributed by atoms with Gasteiger partial charge in [-0.25, -0.2) is 0 Å². The van der Waals surface area contributed by atoms with E-state index in [4.69, 9.17) is 23.2 Å².